The second-order valence-electron chi connectivity index (χ2n) is 15.0. The summed E-state index contributed by atoms with van der Waals surface area (Å²) >= 11 is 6.16. The monoisotopic (exact) mass is 672 g/mol. The number of benzene rings is 3. The van der Waals surface area contributed by atoms with Crippen molar-refractivity contribution in [3.63, 3.8) is 0 Å². The number of hydrogen-bond acceptors (Lipinski definition) is 5. The van der Waals surface area contributed by atoms with Crippen molar-refractivity contribution in [3.05, 3.63) is 95.0 Å². The third-order valence-corrected chi connectivity index (χ3v) is 11.6. The summed E-state index contributed by atoms with van der Waals surface area (Å²) in [6.07, 6.45) is 16.3. The summed E-state index contributed by atoms with van der Waals surface area (Å²) in [5.74, 6) is 3.94. The van der Waals surface area contributed by atoms with Gasteiger partial charge in [0, 0.05) is 35.5 Å². The molecule has 4 aliphatic rings. The molecule has 0 radical (unpaired) electrons. The normalized spacial score (nSPS) is 23.6. The second kappa shape index (κ2) is 17.0. The van der Waals surface area contributed by atoms with E-state index in [-0.39, 0.29) is 5.92 Å². The lowest BCUT2D eigenvalue weighted by Crippen LogP contribution is -2.44. The molecule has 2 aliphatic heterocycles. The summed E-state index contributed by atoms with van der Waals surface area (Å²) in [6.45, 7) is 3.91. The van der Waals surface area contributed by atoms with E-state index in [1.165, 1.54) is 38.5 Å². The summed E-state index contributed by atoms with van der Waals surface area (Å²) < 4.78 is 6.21. The van der Waals surface area contributed by atoms with Gasteiger partial charge < -0.3 is 25.6 Å². The van der Waals surface area contributed by atoms with Crippen LogP contribution >= 0.6 is 11.6 Å². The molecule has 0 aromatic heterocycles. The average Bonchev–Trinajstić information content (AvgIpc) is 4.07. The van der Waals surface area contributed by atoms with Gasteiger partial charge in [0.15, 0.2) is 0 Å². The summed E-state index contributed by atoms with van der Waals surface area (Å²) in [5.41, 5.74) is 0.374. The van der Waals surface area contributed by atoms with Crippen LogP contribution in [0.1, 0.15) is 101 Å². The molecule has 2 heterocycles. The lowest BCUT2D eigenvalue weighted by molar-refractivity contribution is -0.0441. The Morgan fingerprint density at radius 1 is 0.667 bits per heavy atom. The van der Waals surface area contributed by atoms with E-state index in [0.717, 1.165) is 117 Å². The zero-order valence-corrected chi connectivity index (χ0v) is 29.5. The van der Waals surface area contributed by atoms with Crippen LogP contribution in [-0.2, 0) is 11.2 Å². The van der Waals surface area contributed by atoms with Crippen LogP contribution in [0.4, 0.5) is 0 Å². The van der Waals surface area contributed by atoms with E-state index in [4.69, 9.17) is 16.3 Å². The predicted molar refractivity (Wildman–Crippen MR) is 197 cm³/mol. The lowest BCUT2D eigenvalue weighted by Gasteiger charge is -2.40. The van der Waals surface area contributed by atoms with Gasteiger partial charge >= 0.3 is 0 Å². The van der Waals surface area contributed by atoms with Gasteiger partial charge in [0.05, 0.1) is 11.2 Å². The maximum atomic E-state index is 12.0. The van der Waals surface area contributed by atoms with Crippen LogP contribution in [0.25, 0.3) is 0 Å². The fourth-order valence-electron chi connectivity index (χ4n) is 8.08. The molecule has 6 heteroatoms. The minimum atomic E-state index is -0.840. The summed E-state index contributed by atoms with van der Waals surface area (Å²) in [6, 6.07) is 25.8. The SMILES string of the molecule is O[C@](CCCC1CC1)(c1cccc(Cl)c1)[C@@H]1CCCNC1.O[C@](CCCC1CC1)(c1ccccc1Oc1ccccc1)[C@@H]1CCCNC1. The number of ether oxygens (including phenoxy) is 1. The standard InChI is InChI=1S/C24H31NO2.C18H26ClNO/c26-24(16-6-8-19-14-15-19,20-9-7-17-25-18-20)22-12-4-5-13-23(22)27-21-10-2-1-3-11-21;19-17-7-1-5-15(12-17)18(21,10-2-4-14-8-9-14)16-6-3-11-20-13-16/h1-5,10-13,19-20,25-26H,6-9,14-18H2;1,5,7,12,14,16,20-21H,2-4,6,8-11,13H2/t20-,24+;16-,18-/m11/s1. The zero-order chi connectivity index (χ0) is 33.2. The minimum absolute atomic E-state index is 0.228. The molecule has 5 nitrogen and oxygen atoms in total. The first-order chi connectivity index (χ1) is 23.4. The van der Waals surface area contributed by atoms with E-state index >= 15 is 0 Å². The molecular weight excluding hydrogens is 616 g/mol. The van der Waals surface area contributed by atoms with E-state index < -0.39 is 11.2 Å². The topological polar surface area (TPSA) is 73.8 Å². The van der Waals surface area contributed by atoms with E-state index in [0.29, 0.717) is 5.92 Å². The van der Waals surface area contributed by atoms with Crippen molar-refractivity contribution in [1.29, 1.82) is 0 Å². The van der Waals surface area contributed by atoms with Gasteiger partial charge in [0.2, 0.25) is 0 Å². The quantitative estimate of drug-likeness (QED) is 0.137. The molecule has 0 bridgehead atoms. The maximum Gasteiger partial charge on any atom is 0.133 e. The highest BCUT2D eigenvalue weighted by Gasteiger charge is 2.41. The summed E-state index contributed by atoms with van der Waals surface area (Å²) in [5, 5.41) is 31.1. The van der Waals surface area contributed by atoms with Crippen molar-refractivity contribution in [2.75, 3.05) is 26.2 Å². The van der Waals surface area contributed by atoms with Crippen molar-refractivity contribution >= 4 is 11.6 Å². The molecule has 2 aliphatic carbocycles. The number of aliphatic hydroxyl groups is 2. The molecule has 4 fully saturated rings. The molecule has 48 heavy (non-hydrogen) atoms. The number of halogens is 1. The van der Waals surface area contributed by atoms with E-state index in [1.54, 1.807) is 0 Å². The van der Waals surface area contributed by atoms with Crippen LogP contribution in [0.5, 0.6) is 11.5 Å². The van der Waals surface area contributed by atoms with Crippen LogP contribution in [0.3, 0.4) is 0 Å². The van der Waals surface area contributed by atoms with Crippen LogP contribution in [-0.4, -0.2) is 36.4 Å². The first kappa shape index (κ1) is 35.4. The van der Waals surface area contributed by atoms with Crippen molar-refractivity contribution in [2.24, 2.45) is 23.7 Å². The Balaban J connectivity index is 0.000000173. The van der Waals surface area contributed by atoms with Gasteiger partial charge in [-0.1, -0.05) is 98.7 Å². The van der Waals surface area contributed by atoms with E-state index in [1.807, 2.05) is 72.8 Å². The zero-order valence-electron chi connectivity index (χ0n) is 28.7. The molecule has 2 saturated carbocycles. The van der Waals surface area contributed by atoms with Gasteiger partial charge in [0.1, 0.15) is 11.5 Å². The fraction of sp³-hybridized carbons (Fsp3) is 0.571. The fourth-order valence-corrected chi connectivity index (χ4v) is 8.27. The Morgan fingerprint density at radius 2 is 1.25 bits per heavy atom. The minimum Gasteiger partial charge on any atom is -0.457 e. The lowest BCUT2D eigenvalue weighted by atomic mass is 9.74. The summed E-state index contributed by atoms with van der Waals surface area (Å²) in [7, 11) is 0. The maximum absolute atomic E-state index is 12.0. The number of piperidine rings is 2. The first-order valence-electron chi connectivity index (χ1n) is 18.9. The van der Waals surface area contributed by atoms with E-state index in [9.17, 15) is 10.2 Å². The second-order valence-corrected chi connectivity index (χ2v) is 15.5. The van der Waals surface area contributed by atoms with Crippen molar-refractivity contribution in [1.82, 2.24) is 10.6 Å². The third kappa shape index (κ3) is 9.63. The summed E-state index contributed by atoms with van der Waals surface area (Å²) in [4.78, 5) is 0. The molecule has 260 valence electrons. The predicted octanol–water partition coefficient (Wildman–Crippen LogP) is 9.35. The smallest absolute Gasteiger partial charge is 0.133 e. The van der Waals surface area contributed by atoms with Gasteiger partial charge in [-0.15, -0.1) is 0 Å². The molecule has 2 saturated heterocycles. The van der Waals surface area contributed by atoms with Crippen molar-refractivity contribution < 1.29 is 14.9 Å². The van der Waals surface area contributed by atoms with Gasteiger partial charge in [-0.05, 0) is 112 Å². The average molecular weight is 673 g/mol. The van der Waals surface area contributed by atoms with Gasteiger partial charge in [-0.25, -0.2) is 0 Å². The molecule has 0 spiro atoms. The number of hydrogen-bond donors (Lipinski definition) is 4. The Kier molecular flexibility index (Phi) is 12.5. The molecule has 0 amide bonds. The number of rotatable bonds is 14. The number of nitrogens with one attached hydrogen (secondary N) is 2. The Morgan fingerprint density at radius 3 is 1.83 bits per heavy atom. The largest absolute Gasteiger partial charge is 0.457 e. The first-order valence-corrected chi connectivity index (χ1v) is 19.3. The van der Waals surface area contributed by atoms with Crippen LogP contribution < -0.4 is 15.4 Å². The molecule has 3 aromatic rings. The molecule has 0 unspecified atom stereocenters. The molecular formula is C42H57ClN2O3. The van der Waals surface area contributed by atoms with Gasteiger partial charge in [-0.3, -0.25) is 0 Å². The van der Waals surface area contributed by atoms with E-state index in [2.05, 4.69) is 16.7 Å². The Labute approximate surface area is 293 Å². The third-order valence-electron chi connectivity index (χ3n) is 11.3. The van der Waals surface area contributed by atoms with Crippen LogP contribution in [0.2, 0.25) is 5.02 Å². The Hall–Kier alpha value is -2.41. The molecule has 4 N–H and O–H groups in total. The molecule has 4 atom stereocenters. The highest BCUT2D eigenvalue weighted by molar-refractivity contribution is 6.30. The Bertz CT molecular complexity index is 1400. The molecule has 3 aromatic carbocycles. The van der Waals surface area contributed by atoms with Crippen molar-refractivity contribution in [2.45, 2.75) is 101 Å². The van der Waals surface area contributed by atoms with Gasteiger partial charge in [-0.2, -0.15) is 0 Å². The van der Waals surface area contributed by atoms with Gasteiger partial charge in [0.25, 0.3) is 0 Å². The highest BCUT2D eigenvalue weighted by Crippen LogP contribution is 2.45. The highest BCUT2D eigenvalue weighted by atomic mass is 35.5. The molecule has 7 rings (SSSR count). The van der Waals surface area contributed by atoms with Crippen LogP contribution in [0.15, 0.2) is 78.9 Å². The number of para-hydroxylation sites is 2. The van der Waals surface area contributed by atoms with Crippen LogP contribution in [0, 0.1) is 23.7 Å². The van der Waals surface area contributed by atoms with Crippen molar-refractivity contribution in [3.8, 4) is 11.5 Å².